The van der Waals surface area contributed by atoms with Crippen LogP contribution in [0, 0.1) is 6.92 Å². The van der Waals surface area contributed by atoms with Crippen LogP contribution in [0.15, 0.2) is 23.1 Å². The number of hydrogen-bond acceptors (Lipinski definition) is 5. The predicted octanol–water partition coefficient (Wildman–Crippen LogP) is 0.571. The SMILES string of the molecule is COC1(CNS(=O)(=O)c2cccc(CO)c2C)CCOC1. The van der Waals surface area contributed by atoms with Gasteiger partial charge in [0.2, 0.25) is 10.0 Å². The summed E-state index contributed by atoms with van der Waals surface area (Å²) < 4.78 is 38.2. The second kappa shape index (κ2) is 6.41. The maximum Gasteiger partial charge on any atom is 0.240 e. The zero-order chi connectivity index (χ0) is 15.5. The normalized spacial score (nSPS) is 22.6. The summed E-state index contributed by atoms with van der Waals surface area (Å²) in [5, 5.41) is 9.24. The summed E-state index contributed by atoms with van der Waals surface area (Å²) >= 11 is 0. The number of benzene rings is 1. The highest BCUT2D eigenvalue weighted by Gasteiger charge is 2.36. The molecule has 0 spiro atoms. The largest absolute Gasteiger partial charge is 0.392 e. The monoisotopic (exact) mass is 315 g/mol. The second-order valence-corrected chi connectivity index (χ2v) is 6.95. The van der Waals surface area contributed by atoms with Crippen LogP contribution < -0.4 is 4.72 Å². The van der Waals surface area contributed by atoms with E-state index in [2.05, 4.69) is 4.72 Å². The standard InChI is InChI=1S/C14H21NO5S/c1-11-12(8-16)4-3-5-13(11)21(17,18)15-9-14(19-2)6-7-20-10-14/h3-5,15-16H,6-10H2,1-2H3. The Morgan fingerprint density at radius 2 is 2.24 bits per heavy atom. The smallest absolute Gasteiger partial charge is 0.240 e. The highest BCUT2D eigenvalue weighted by molar-refractivity contribution is 7.89. The van der Waals surface area contributed by atoms with E-state index in [1.165, 1.54) is 6.07 Å². The van der Waals surface area contributed by atoms with Crippen molar-refractivity contribution in [2.45, 2.75) is 30.4 Å². The number of rotatable bonds is 6. The molecule has 0 radical (unpaired) electrons. The Labute approximate surface area is 125 Å². The van der Waals surface area contributed by atoms with Gasteiger partial charge in [0.25, 0.3) is 0 Å². The summed E-state index contributed by atoms with van der Waals surface area (Å²) in [6.45, 7) is 2.60. The van der Waals surface area contributed by atoms with Crippen LogP contribution in [-0.4, -0.2) is 46.0 Å². The number of methoxy groups -OCH3 is 1. The minimum atomic E-state index is -3.66. The lowest BCUT2D eigenvalue weighted by atomic mass is 10.0. The summed E-state index contributed by atoms with van der Waals surface area (Å²) in [5.74, 6) is 0. The van der Waals surface area contributed by atoms with Gasteiger partial charge in [0.15, 0.2) is 0 Å². The van der Waals surface area contributed by atoms with Crippen LogP contribution in [0.25, 0.3) is 0 Å². The zero-order valence-corrected chi connectivity index (χ0v) is 13.1. The summed E-state index contributed by atoms with van der Waals surface area (Å²) in [6.07, 6.45) is 0.654. The molecule has 1 aliphatic rings. The minimum Gasteiger partial charge on any atom is -0.392 e. The van der Waals surface area contributed by atoms with Crippen molar-refractivity contribution >= 4 is 10.0 Å². The number of sulfonamides is 1. The predicted molar refractivity (Wildman–Crippen MR) is 77.5 cm³/mol. The van der Waals surface area contributed by atoms with E-state index in [4.69, 9.17) is 9.47 Å². The average molecular weight is 315 g/mol. The fraction of sp³-hybridized carbons (Fsp3) is 0.571. The first-order valence-electron chi connectivity index (χ1n) is 6.76. The van der Waals surface area contributed by atoms with Crippen molar-refractivity contribution in [2.75, 3.05) is 26.9 Å². The van der Waals surface area contributed by atoms with E-state index in [9.17, 15) is 13.5 Å². The molecule has 1 atom stereocenters. The van der Waals surface area contributed by atoms with Crippen molar-refractivity contribution < 1.29 is 23.0 Å². The summed E-state index contributed by atoms with van der Waals surface area (Å²) in [7, 11) is -2.10. The van der Waals surface area contributed by atoms with E-state index in [0.717, 1.165) is 0 Å². The van der Waals surface area contributed by atoms with Crippen molar-refractivity contribution in [3.05, 3.63) is 29.3 Å². The van der Waals surface area contributed by atoms with Crippen LogP contribution in [0.4, 0.5) is 0 Å². The molecule has 7 heteroatoms. The fourth-order valence-electron chi connectivity index (χ4n) is 2.39. The van der Waals surface area contributed by atoms with Crippen LogP contribution >= 0.6 is 0 Å². The first kappa shape index (κ1) is 16.4. The van der Waals surface area contributed by atoms with Gasteiger partial charge in [-0.3, -0.25) is 0 Å². The van der Waals surface area contributed by atoms with Crippen molar-refractivity contribution in [1.82, 2.24) is 4.72 Å². The molecule has 2 rings (SSSR count). The molecule has 1 heterocycles. The molecule has 21 heavy (non-hydrogen) atoms. The third-order valence-electron chi connectivity index (χ3n) is 3.94. The Kier molecular flexibility index (Phi) is 5.00. The van der Waals surface area contributed by atoms with Gasteiger partial charge in [-0.05, 0) is 24.1 Å². The van der Waals surface area contributed by atoms with Crippen LogP contribution in [0.2, 0.25) is 0 Å². The number of aliphatic hydroxyl groups excluding tert-OH is 1. The van der Waals surface area contributed by atoms with Crippen molar-refractivity contribution in [1.29, 1.82) is 0 Å². The first-order valence-corrected chi connectivity index (χ1v) is 8.24. The van der Waals surface area contributed by atoms with Crippen LogP contribution in [0.1, 0.15) is 17.5 Å². The summed E-state index contributed by atoms with van der Waals surface area (Å²) in [4.78, 5) is 0.180. The molecule has 1 aromatic carbocycles. The number of aliphatic hydroxyl groups is 1. The van der Waals surface area contributed by atoms with Gasteiger partial charge in [0.1, 0.15) is 5.60 Å². The van der Waals surface area contributed by atoms with Gasteiger partial charge < -0.3 is 14.6 Å². The number of nitrogens with one attached hydrogen (secondary N) is 1. The third kappa shape index (κ3) is 3.44. The molecule has 1 saturated heterocycles. The van der Waals surface area contributed by atoms with Gasteiger partial charge in [0, 0.05) is 26.7 Å². The molecular weight excluding hydrogens is 294 g/mol. The molecule has 0 aliphatic carbocycles. The van der Waals surface area contributed by atoms with Crippen LogP contribution in [0.3, 0.4) is 0 Å². The van der Waals surface area contributed by atoms with Crippen LogP contribution in [-0.2, 0) is 26.1 Å². The molecule has 2 N–H and O–H groups in total. The Hall–Kier alpha value is -0.990. The van der Waals surface area contributed by atoms with Crippen LogP contribution in [0.5, 0.6) is 0 Å². The number of ether oxygens (including phenoxy) is 2. The van der Waals surface area contributed by atoms with E-state index in [1.807, 2.05) is 0 Å². The topological polar surface area (TPSA) is 84.9 Å². The molecule has 0 saturated carbocycles. The molecule has 6 nitrogen and oxygen atoms in total. The first-order chi connectivity index (χ1) is 9.94. The van der Waals surface area contributed by atoms with E-state index in [1.54, 1.807) is 26.2 Å². The maximum atomic E-state index is 12.4. The Morgan fingerprint density at radius 1 is 1.48 bits per heavy atom. The lowest BCUT2D eigenvalue weighted by Gasteiger charge is -2.26. The lowest BCUT2D eigenvalue weighted by Crippen LogP contribution is -2.45. The molecule has 0 aromatic heterocycles. The van der Waals surface area contributed by atoms with Crippen molar-refractivity contribution in [2.24, 2.45) is 0 Å². The second-order valence-electron chi connectivity index (χ2n) is 5.21. The highest BCUT2D eigenvalue weighted by Crippen LogP contribution is 2.23. The molecule has 0 amide bonds. The molecule has 0 bridgehead atoms. The Morgan fingerprint density at radius 3 is 2.81 bits per heavy atom. The molecule has 1 aliphatic heterocycles. The summed E-state index contributed by atoms with van der Waals surface area (Å²) in [6, 6.07) is 4.86. The Bertz CT molecular complexity index is 593. The fourth-order valence-corrected chi connectivity index (χ4v) is 3.79. The zero-order valence-electron chi connectivity index (χ0n) is 12.3. The van der Waals surface area contributed by atoms with E-state index < -0.39 is 15.6 Å². The third-order valence-corrected chi connectivity index (χ3v) is 5.49. The van der Waals surface area contributed by atoms with Crippen molar-refractivity contribution in [3.8, 4) is 0 Å². The van der Waals surface area contributed by atoms with E-state index in [-0.39, 0.29) is 18.0 Å². The molecule has 1 fully saturated rings. The van der Waals surface area contributed by atoms with Gasteiger partial charge in [-0.2, -0.15) is 0 Å². The molecule has 1 aromatic rings. The van der Waals surface area contributed by atoms with Gasteiger partial charge in [0.05, 0.1) is 18.1 Å². The van der Waals surface area contributed by atoms with Crippen molar-refractivity contribution in [3.63, 3.8) is 0 Å². The molecular formula is C14H21NO5S. The summed E-state index contributed by atoms with van der Waals surface area (Å²) in [5.41, 5.74) is 0.556. The lowest BCUT2D eigenvalue weighted by molar-refractivity contribution is -0.0120. The highest BCUT2D eigenvalue weighted by atomic mass is 32.2. The Balaban J connectivity index is 2.19. The maximum absolute atomic E-state index is 12.4. The van der Waals surface area contributed by atoms with E-state index in [0.29, 0.717) is 30.8 Å². The molecule has 118 valence electrons. The van der Waals surface area contributed by atoms with E-state index >= 15 is 0 Å². The quantitative estimate of drug-likeness (QED) is 0.802. The average Bonchev–Trinajstić information content (AvgIpc) is 2.95. The van der Waals surface area contributed by atoms with Gasteiger partial charge >= 0.3 is 0 Å². The van der Waals surface area contributed by atoms with Gasteiger partial charge in [-0.15, -0.1) is 0 Å². The number of hydrogen-bond donors (Lipinski definition) is 2. The van der Waals surface area contributed by atoms with Gasteiger partial charge in [-0.25, -0.2) is 13.1 Å². The minimum absolute atomic E-state index is 0.161. The van der Waals surface area contributed by atoms with Gasteiger partial charge in [-0.1, -0.05) is 12.1 Å². The molecule has 1 unspecified atom stereocenters.